The van der Waals surface area contributed by atoms with Gasteiger partial charge in [-0.25, -0.2) is 4.99 Å². The Labute approximate surface area is 188 Å². The van der Waals surface area contributed by atoms with Crippen molar-refractivity contribution in [1.82, 2.24) is 15.1 Å². The lowest BCUT2D eigenvalue weighted by atomic mass is 10.1. The largest absolute Gasteiger partial charge is 0.492 e. The number of aromatic nitrogens is 2. The minimum absolute atomic E-state index is 0.620. The fourth-order valence-electron chi connectivity index (χ4n) is 3.77. The molecule has 1 aromatic heterocycles. The van der Waals surface area contributed by atoms with Crippen molar-refractivity contribution in [3.63, 3.8) is 0 Å². The zero-order valence-corrected chi connectivity index (χ0v) is 18.1. The molecule has 0 saturated carbocycles. The summed E-state index contributed by atoms with van der Waals surface area (Å²) in [5.41, 5.74) is 4.22. The third kappa shape index (κ3) is 5.51. The monoisotopic (exact) mass is 425 g/mol. The van der Waals surface area contributed by atoms with Crippen LogP contribution in [0.3, 0.4) is 0 Å². The molecule has 6 heteroatoms. The van der Waals surface area contributed by atoms with Crippen LogP contribution in [0.5, 0.6) is 5.75 Å². The van der Waals surface area contributed by atoms with Crippen LogP contribution >= 0.6 is 0 Å². The average molecular weight is 426 g/mol. The molecule has 0 aliphatic carbocycles. The Morgan fingerprint density at radius 2 is 1.88 bits per heavy atom. The number of nitriles is 1. The van der Waals surface area contributed by atoms with E-state index in [1.54, 1.807) is 24.5 Å². The summed E-state index contributed by atoms with van der Waals surface area (Å²) >= 11 is 0. The topological polar surface area (TPSA) is 77.3 Å². The van der Waals surface area contributed by atoms with Crippen molar-refractivity contribution in [1.29, 1.82) is 5.26 Å². The molecule has 0 atom stereocenters. The molecular formula is C26H27N5O. The molecule has 32 heavy (non-hydrogen) atoms. The van der Waals surface area contributed by atoms with Crippen molar-refractivity contribution < 1.29 is 4.74 Å². The van der Waals surface area contributed by atoms with E-state index in [-0.39, 0.29) is 0 Å². The number of aliphatic imine (C=N–C) groups is 1. The van der Waals surface area contributed by atoms with Gasteiger partial charge in [0.05, 0.1) is 17.8 Å². The van der Waals surface area contributed by atoms with Gasteiger partial charge in [0, 0.05) is 18.3 Å². The van der Waals surface area contributed by atoms with Crippen molar-refractivity contribution >= 4 is 17.6 Å². The maximum absolute atomic E-state index is 8.97. The van der Waals surface area contributed by atoms with Crippen LogP contribution in [0.1, 0.15) is 30.4 Å². The highest BCUT2D eigenvalue weighted by Crippen LogP contribution is 2.28. The fraction of sp³-hybridized carbons (Fsp3) is 0.269. The molecule has 0 unspecified atom stereocenters. The van der Waals surface area contributed by atoms with Crippen LogP contribution in [-0.4, -0.2) is 47.6 Å². The van der Waals surface area contributed by atoms with E-state index in [0.29, 0.717) is 18.0 Å². The number of aromatic amines is 1. The molecule has 0 spiro atoms. The Kier molecular flexibility index (Phi) is 7.11. The molecule has 1 N–H and O–H groups in total. The van der Waals surface area contributed by atoms with Gasteiger partial charge < -0.3 is 4.74 Å². The van der Waals surface area contributed by atoms with E-state index in [0.717, 1.165) is 34.6 Å². The second kappa shape index (κ2) is 10.6. The average Bonchev–Trinajstić information content (AvgIpc) is 3.32. The summed E-state index contributed by atoms with van der Waals surface area (Å²) in [5, 5.41) is 16.0. The first-order valence-electron chi connectivity index (χ1n) is 11.0. The number of allylic oxidation sites excluding steroid dienone is 1. The fourth-order valence-corrected chi connectivity index (χ4v) is 3.77. The van der Waals surface area contributed by atoms with E-state index in [1.807, 2.05) is 36.4 Å². The number of rotatable bonds is 8. The minimum Gasteiger partial charge on any atom is -0.492 e. The number of nitrogens with zero attached hydrogens (tertiary/aromatic N) is 4. The molecule has 162 valence electrons. The zero-order chi connectivity index (χ0) is 22.2. The number of ether oxygens (including phenoxy) is 1. The summed E-state index contributed by atoms with van der Waals surface area (Å²) < 4.78 is 5.91. The number of benzene rings is 2. The first kappa shape index (κ1) is 21.5. The van der Waals surface area contributed by atoms with Gasteiger partial charge in [0.15, 0.2) is 5.82 Å². The molecule has 0 amide bonds. The maximum Gasteiger partial charge on any atom is 0.155 e. The summed E-state index contributed by atoms with van der Waals surface area (Å²) in [6, 6.07) is 17.4. The van der Waals surface area contributed by atoms with Crippen molar-refractivity contribution in [2.75, 3.05) is 26.2 Å². The van der Waals surface area contributed by atoms with Crippen molar-refractivity contribution in [2.24, 2.45) is 4.99 Å². The third-order valence-corrected chi connectivity index (χ3v) is 5.64. The molecule has 1 saturated heterocycles. The van der Waals surface area contributed by atoms with Crippen LogP contribution in [0, 0.1) is 11.3 Å². The van der Waals surface area contributed by atoms with Crippen LogP contribution in [0.2, 0.25) is 0 Å². The lowest BCUT2D eigenvalue weighted by Crippen LogP contribution is -2.33. The van der Waals surface area contributed by atoms with Gasteiger partial charge in [0.25, 0.3) is 0 Å². The summed E-state index contributed by atoms with van der Waals surface area (Å²) in [5.74, 6) is 1.51. The molecule has 0 radical (unpaired) electrons. The standard InChI is InChI=1S/C26H27N5O/c1-20(18-28-26-25(19-29-30-26)23-7-5-21(17-27)6-8-23)22-9-11-24(12-10-22)32-16-15-31-13-3-2-4-14-31/h5-12,18-19H,1-4,13-16H2,(H,29,30). The Bertz CT molecular complexity index is 1100. The van der Waals surface area contributed by atoms with Gasteiger partial charge in [-0.15, -0.1) is 0 Å². The number of H-pyrrole nitrogens is 1. The lowest BCUT2D eigenvalue weighted by molar-refractivity contribution is 0.183. The smallest absolute Gasteiger partial charge is 0.155 e. The number of likely N-dealkylation sites (tertiary alicyclic amines) is 1. The molecule has 1 aliphatic rings. The molecule has 1 aliphatic heterocycles. The minimum atomic E-state index is 0.620. The van der Waals surface area contributed by atoms with Crippen molar-refractivity contribution in [2.45, 2.75) is 19.3 Å². The van der Waals surface area contributed by atoms with Crippen molar-refractivity contribution in [3.8, 4) is 22.9 Å². The third-order valence-electron chi connectivity index (χ3n) is 5.64. The highest BCUT2D eigenvalue weighted by atomic mass is 16.5. The zero-order valence-electron chi connectivity index (χ0n) is 18.1. The van der Waals surface area contributed by atoms with Gasteiger partial charge in [-0.05, 0) is 66.9 Å². The van der Waals surface area contributed by atoms with Crippen LogP contribution < -0.4 is 4.74 Å². The molecule has 2 aromatic carbocycles. The van der Waals surface area contributed by atoms with E-state index in [1.165, 1.54) is 32.4 Å². The van der Waals surface area contributed by atoms with Crippen LogP contribution in [0.15, 0.2) is 66.3 Å². The van der Waals surface area contributed by atoms with E-state index >= 15 is 0 Å². The maximum atomic E-state index is 8.97. The second-order valence-electron chi connectivity index (χ2n) is 7.88. The summed E-state index contributed by atoms with van der Waals surface area (Å²) in [7, 11) is 0. The number of hydrogen-bond acceptors (Lipinski definition) is 5. The number of piperidine rings is 1. The molecule has 4 rings (SSSR count). The van der Waals surface area contributed by atoms with Crippen LogP contribution in [-0.2, 0) is 0 Å². The quantitative estimate of drug-likeness (QED) is 0.502. The van der Waals surface area contributed by atoms with E-state index < -0.39 is 0 Å². The van der Waals surface area contributed by atoms with Gasteiger partial charge >= 0.3 is 0 Å². The predicted molar refractivity (Wildman–Crippen MR) is 128 cm³/mol. The Balaban J connectivity index is 1.34. The van der Waals surface area contributed by atoms with Crippen LogP contribution in [0.25, 0.3) is 16.7 Å². The van der Waals surface area contributed by atoms with Gasteiger partial charge in [-0.1, -0.05) is 37.3 Å². The number of nitrogens with one attached hydrogen (secondary N) is 1. The molecule has 2 heterocycles. The highest BCUT2D eigenvalue weighted by molar-refractivity contribution is 6.09. The summed E-state index contributed by atoms with van der Waals surface area (Å²) in [4.78, 5) is 7.01. The summed E-state index contributed by atoms with van der Waals surface area (Å²) in [6.45, 7) is 8.19. The highest BCUT2D eigenvalue weighted by Gasteiger charge is 2.10. The van der Waals surface area contributed by atoms with Gasteiger partial charge in [-0.2, -0.15) is 10.4 Å². The van der Waals surface area contributed by atoms with Crippen molar-refractivity contribution in [3.05, 3.63) is 72.4 Å². The second-order valence-corrected chi connectivity index (χ2v) is 7.88. The molecule has 0 bridgehead atoms. The predicted octanol–water partition coefficient (Wildman–Crippen LogP) is 5.23. The Morgan fingerprint density at radius 1 is 1.12 bits per heavy atom. The Hall–Kier alpha value is -3.69. The number of hydrogen-bond donors (Lipinski definition) is 1. The molecule has 1 fully saturated rings. The van der Waals surface area contributed by atoms with Gasteiger partial charge in [0.1, 0.15) is 12.4 Å². The van der Waals surface area contributed by atoms with E-state index in [2.05, 4.69) is 32.7 Å². The lowest BCUT2D eigenvalue weighted by Gasteiger charge is -2.26. The van der Waals surface area contributed by atoms with E-state index in [4.69, 9.17) is 10.00 Å². The SMILES string of the molecule is C=C(C=Nc1[nH]ncc1-c1ccc(C#N)cc1)c1ccc(OCCN2CCCCC2)cc1. The summed E-state index contributed by atoms with van der Waals surface area (Å²) in [6.07, 6.45) is 7.40. The first-order chi connectivity index (χ1) is 15.7. The normalized spacial score (nSPS) is 14.3. The van der Waals surface area contributed by atoms with E-state index in [9.17, 15) is 0 Å². The van der Waals surface area contributed by atoms with Gasteiger partial charge in [-0.3, -0.25) is 10.00 Å². The first-order valence-corrected chi connectivity index (χ1v) is 11.0. The van der Waals surface area contributed by atoms with Crippen LogP contribution in [0.4, 0.5) is 5.82 Å². The Morgan fingerprint density at radius 3 is 2.59 bits per heavy atom. The molecule has 3 aromatic rings. The van der Waals surface area contributed by atoms with Gasteiger partial charge in [0.2, 0.25) is 0 Å². The molecular weight excluding hydrogens is 398 g/mol. The molecule has 6 nitrogen and oxygen atoms in total.